The summed E-state index contributed by atoms with van der Waals surface area (Å²) in [7, 11) is 0. The number of hydrogen-bond acceptors (Lipinski definition) is 6. The molecule has 0 atom stereocenters. The second-order valence-electron chi connectivity index (χ2n) is 10.7. The van der Waals surface area contributed by atoms with Crippen LogP contribution < -0.4 is 0 Å². The Morgan fingerprint density at radius 3 is 1.70 bits per heavy atom. The Balaban J connectivity index is 1.31. The number of para-hydroxylation sites is 1. The number of nitrogens with zero attached hydrogens (tertiary/aromatic N) is 4. The van der Waals surface area contributed by atoms with Gasteiger partial charge in [-0.25, -0.2) is 19.9 Å². The minimum atomic E-state index is 0.544. The fraction of sp³-hybridized carbons (Fsp3) is 0. The average molecular weight is 567 g/mol. The van der Waals surface area contributed by atoms with Crippen LogP contribution >= 0.6 is 0 Å². The lowest BCUT2D eigenvalue weighted by atomic mass is 10.0. The molecule has 0 aliphatic carbocycles. The van der Waals surface area contributed by atoms with Crippen molar-refractivity contribution in [2.75, 3.05) is 0 Å². The molecule has 0 radical (unpaired) electrons. The molecule has 6 aromatic carbocycles. The number of fused-ring (bicyclic) bond motifs is 7. The van der Waals surface area contributed by atoms with Gasteiger partial charge in [-0.05, 0) is 35.7 Å². The van der Waals surface area contributed by atoms with Crippen molar-refractivity contribution >= 4 is 43.8 Å². The molecule has 44 heavy (non-hydrogen) atoms. The van der Waals surface area contributed by atoms with Crippen molar-refractivity contribution in [1.82, 2.24) is 19.9 Å². The van der Waals surface area contributed by atoms with Gasteiger partial charge in [-0.3, -0.25) is 0 Å². The molecule has 0 amide bonds. The van der Waals surface area contributed by atoms with E-state index in [0.29, 0.717) is 28.9 Å². The molecule has 9 rings (SSSR count). The average Bonchev–Trinajstić information content (AvgIpc) is 3.71. The summed E-state index contributed by atoms with van der Waals surface area (Å²) in [4.78, 5) is 19.6. The van der Waals surface area contributed by atoms with E-state index in [1.54, 1.807) is 0 Å². The summed E-state index contributed by atoms with van der Waals surface area (Å²) >= 11 is 0. The van der Waals surface area contributed by atoms with Gasteiger partial charge >= 0.3 is 0 Å². The molecule has 9 aromatic rings. The summed E-state index contributed by atoms with van der Waals surface area (Å²) in [6.45, 7) is 0. The molecule has 3 heterocycles. The number of furan rings is 1. The summed E-state index contributed by atoms with van der Waals surface area (Å²) in [5, 5.41) is 3.94. The van der Waals surface area contributed by atoms with Crippen LogP contribution in [0.4, 0.5) is 0 Å². The molecule has 0 fully saturated rings. The molecule has 6 heteroatoms. The van der Waals surface area contributed by atoms with Gasteiger partial charge in [0.2, 0.25) is 5.89 Å². The van der Waals surface area contributed by atoms with Crippen LogP contribution in [0.1, 0.15) is 0 Å². The van der Waals surface area contributed by atoms with Crippen LogP contribution in [-0.4, -0.2) is 19.9 Å². The molecule has 0 bridgehead atoms. The molecule has 0 saturated carbocycles. The Morgan fingerprint density at radius 1 is 0.409 bits per heavy atom. The monoisotopic (exact) mass is 566 g/mol. The predicted molar refractivity (Wildman–Crippen MR) is 174 cm³/mol. The SMILES string of the molecule is c1ccc(-c2nc(-c3ccccc3)nc(-c3cccc4c3oc3ccc5ccc6nc(-c7ccccc7)oc6c5c34)n2)cc1. The van der Waals surface area contributed by atoms with Gasteiger partial charge < -0.3 is 8.83 Å². The number of hydrogen-bond donors (Lipinski definition) is 0. The highest BCUT2D eigenvalue weighted by Crippen LogP contribution is 2.42. The molecular formula is C38H22N4O2. The van der Waals surface area contributed by atoms with E-state index in [4.69, 9.17) is 28.8 Å². The molecule has 0 aliphatic rings. The van der Waals surface area contributed by atoms with Crippen LogP contribution in [0.2, 0.25) is 0 Å². The summed E-state index contributed by atoms with van der Waals surface area (Å²) < 4.78 is 13.1. The normalized spacial score (nSPS) is 11.6. The van der Waals surface area contributed by atoms with Crippen molar-refractivity contribution in [3.8, 4) is 45.6 Å². The number of oxazole rings is 1. The van der Waals surface area contributed by atoms with E-state index in [-0.39, 0.29) is 0 Å². The Morgan fingerprint density at radius 2 is 1.02 bits per heavy atom. The standard InChI is InChI=1S/C38H22N4O2/c1-4-11-24(12-5-1)35-40-36(25-13-6-2-7-14-25)42-37(41-35)28-18-10-17-27-32-30(43-33(27)28)22-20-23-19-21-29-34(31(23)32)44-38(39-29)26-15-8-3-9-16-26/h1-22H. The largest absolute Gasteiger partial charge is 0.455 e. The van der Waals surface area contributed by atoms with Crippen molar-refractivity contribution in [1.29, 1.82) is 0 Å². The minimum absolute atomic E-state index is 0.544. The number of aromatic nitrogens is 4. The summed E-state index contributed by atoms with van der Waals surface area (Å²) in [5.41, 5.74) is 6.55. The summed E-state index contributed by atoms with van der Waals surface area (Å²) in [5.74, 6) is 2.34. The highest BCUT2D eigenvalue weighted by atomic mass is 16.3. The minimum Gasteiger partial charge on any atom is -0.455 e. The summed E-state index contributed by atoms with van der Waals surface area (Å²) in [6.07, 6.45) is 0. The van der Waals surface area contributed by atoms with Crippen LogP contribution in [0.5, 0.6) is 0 Å². The highest BCUT2D eigenvalue weighted by Gasteiger charge is 2.21. The van der Waals surface area contributed by atoms with Gasteiger partial charge in [-0.15, -0.1) is 0 Å². The van der Waals surface area contributed by atoms with Gasteiger partial charge in [-0.2, -0.15) is 0 Å². The van der Waals surface area contributed by atoms with Crippen LogP contribution in [0.25, 0.3) is 89.4 Å². The first kappa shape index (κ1) is 24.5. The fourth-order valence-corrected chi connectivity index (χ4v) is 5.89. The lowest BCUT2D eigenvalue weighted by molar-refractivity contribution is 0.623. The molecular weight excluding hydrogens is 544 g/mol. The van der Waals surface area contributed by atoms with E-state index in [1.807, 2.05) is 115 Å². The zero-order valence-electron chi connectivity index (χ0n) is 23.3. The van der Waals surface area contributed by atoms with Gasteiger partial charge in [0.05, 0.1) is 5.56 Å². The van der Waals surface area contributed by atoms with Crippen molar-refractivity contribution < 1.29 is 8.83 Å². The third-order valence-electron chi connectivity index (χ3n) is 7.96. The van der Waals surface area contributed by atoms with Gasteiger partial charge in [0.1, 0.15) is 16.7 Å². The summed E-state index contributed by atoms with van der Waals surface area (Å²) in [6, 6.07) is 44.2. The zero-order valence-corrected chi connectivity index (χ0v) is 23.3. The van der Waals surface area contributed by atoms with E-state index in [2.05, 4.69) is 18.2 Å². The van der Waals surface area contributed by atoms with Crippen LogP contribution in [0, 0.1) is 0 Å². The quantitative estimate of drug-likeness (QED) is 0.211. The second kappa shape index (κ2) is 9.71. The number of rotatable bonds is 4. The van der Waals surface area contributed by atoms with Crippen molar-refractivity contribution in [3.05, 3.63) is 133 Å². The van der Waals surface area contributed by atoms with Crippen LogP contribution in [0.3, 0.4) is 0 Å². The van der Waals surface area contributed by atoms with E-state index < -0.39 is 0 Å². The van der Waals surface area contributed by atoms with E-state index in [0.717, 1.165) is 60.5 Å². The maximum Gasteiger partial charge on any atom is 0.227 e. The Bertz CT molecular complexity index is 2430. The van der Waals surface area contributed by atoms with Crippen molar-refractivity contribution in [2.24, 2.45) is 0 Å². The number of benzene rings is 6. The first-order valence-corrected chi connectivity index (χ1v) is 14.4. The predicted octanol–water partition coefficient (Wildman–Crippen LogP) is 9.73. The van der Waals surface area contributed by atoms with Crippen LogP contribution in [-0.2, 0) is 0 Å². The van der Waals surface area contributed by atoms with E-state index >= 15 is 0 Å². The third kappa shape index (κ3) is 3.89. The van der Waals surface area contributed by atoms with Gasteiger partial charge in [-0.1, -0.05) is 103 Å². The molecule has 0 aliphatic heterocycles. The lowest BCUT2D eigenvalue weighted by Gasteiger charge is -2.08. The molecule has 0 N–H and O–H groups in total. The first-order chi connectivity index (χ1) is 21.8. The Kier molecular flexibility index (Phi) is 5.40. The Hall–Kier alpha value is -6.14. The van der Waals surface area contributed by atoms with E-state index in [1.165, 1.54) is 0 Å². The Labute approximate surface area is 251 Å². The van der Waals surface area contributed by atoms with Crippen molar-refractivity contribution in [2.45, 2.75) is 0 Å². The third-order valence-corrected chi connectivity index (χ3v) is 7.96. The molecule has 3 aromatic heterocycles. The zero-order chi connectivity index (χ0) is 29.0. The smallest absolute Gasteiger partial charge is 0.227 e. The fourth-order valence-electron chi connectivity index (χ4n) is 5.89. The van der Waals surface area contributed by atoms with Crippen LogP contribution in [0.15, 0.2) is 142 Å². The first-order valence-electron chi connectivity index (χ1n) is 14.4. The van der Waals surface area contributed by atoms with E-state index in [9.17, 15) is 0 Å². The maximum absolute atomic E-state index is 6.62. The molecule has 6 nitrogen and oxygen atoms in total. The molecule has 0 unspecified atom stereocenters. The molecule has 0 spiro atoms. The lowest BCUT2D eigenvalue weighted by Crippen LogP contribution is -2.00. The van der Waals surface area contributed by atoms with Crippen molar-refractivity contribution in [3.63, 3.8) is 0 Å². The second-order valence-corrected chi connectivity index (χ2v) is 10.7. The van der Waals surface area contributed by atoms with Gasteiger partial charge in [0.25, 0.3) is 0 Å². The molecule has 0 saturated heterocycles. The van der Waals surface area contributed by atoms with Gasteiger partial charge in [0.15, 0.2) is 23.1 Å². The highest BCUT2D eigenvalue weighted by molar-refractivity contribution is 6.26. The molecule has 206 valence electrons. The maximum atomic E-state index is 6.62. The topological polar surface area (TPSA) is 77.8 Å². The van der Waals surface area contributed by atoms with Gasteiger partial charge in [0, 0.05) is 32.8 Å².